The first kappa shape index (κ1) is 15.4. The number of benzene rings is 2. The molecule has 20 heavy (non-hydrogen) atoms. The maximum Gasteiger partial charge on any atom is 0.0406 e. The first-order chi connectivity index (χ1) is 9.72. The van der Waals surface area contributed by atoms with Gasteiger partial charge >= 0.3 is 0 Å². The van der Waals surface area contributed by atoms with E-state index >= 15 is 0 Å². The lowest BCUT2D eigenvalue weighted by Gasteiger charge is -2.16. The van der Waals surface area contributed by atoms with Crippen molar-refractivity contribution in [2.75, 3.05) is 6.54 Å². The number of halogens is 1. The van der Waals surface area contributed by atoms with Crippen LogP contribution in [0, 0.1) is 0 Å². The Hall–Kier alpha value is -0.960. The maximum absolute atomic E-state index is 5.90. The fraction of sp³-hybridized carbons (Fsp3) is 0.294. The van der Waals surface area contributed by atoms with E-state index in [-0.39, 0.29) is 0 Å². The molecule has 0 aliphatic carbocycles. The number of rotatable bonds is 6. The third-order valence-electron chi connectivity index (χ3n) is 3.19. The van der Waals surface area contributed by atoms with Gasteiger partial charge in [-0.3, -0.25) is 0 Å². The Kier molecular flexibility index (Phi) is 5.96. The van der Waals surface area contributed by atoms with Crippen LogP contribution >= 0.6 is 23.4 Å². The zero-order valence-corrected chi connectivity index (χ0v) is 13.5. The molecule has 106 valence electrons. The van der Waals surface area contributed by atoms with Crippen LogP contribution in [0.25, 0.3) is 0 Å². The van der Waals surface area contributed by atoms with Gasteiger partial charge in [0.2, 0.25) is 0 Å². The summed E-state index contributed by atoms with van der Waals surface area (Å²) in [6, 6.07) is 17.2. The van der Waals surface area contributed by atoms with Gasteiger partial charge in [-0.15, -0.1) is 0 Å². The van der Waals surface area contributed by atoms with Crippen LogP contribution in [-0.2, 0) is 0 Å². The van der Waals surface area contributed by atoms with Crippen molar-refractivity contribution in [3.05, 3.63) is 59.1 Å². The summed E-state index contributed by atoms with van der Waals surface area (Å²) in [7, 11) is 0. The topological polar surface area (TPSA) is 12.0 Å². The Bertz CT molecular complexity index is 522. The van der Waals surface area contributed by atoms with E-state index in [4.69, 9.17) is 11.6 Å². The summed E-state index contributed by atoms with van der Waals surface area (Å²) in [4.78, 5) is 2.46. The Morgan fingerprint density at radius 3 is 2.00 bits per heavy atom. The Morgan fingerprint density at radius 2 is 1.50 bits per heavy atom. The van der Waals surface area contributed by atoms with Crippen molar-refractivity contribution in [3.63, 3.8) is 0 Å². The molecule has 0 aliphatic heterocycles. The van der Waals surface area contributed by atoms with Crippen LogP contribution in [0.2, 0.25) is 5.02 Å². The Labute approximate surface area is 130 Å². The highest BCUT2D eigenvalue weighted by atomic mass is 35.5. The van der Waals surface area contributed by atoms with Gasteiger partial charge in [-0.25, -0.2) is 0 Å². The van der Waals surface area contributed by atoms with Crippen LogP contribution < -0.4 is 5.32 Å². The average Bonchev–Trinajstić information content (AvgIpc) is 2.48. The van der Waals surface area contributed by atoms with Crippen LogP contribution in [0.3, 0.4) is 0 Å². The molecule has 0 saturated heterocycles. The molecule has 1 N–H and O–H groups in total. The van der Waals surface area contributed by atoms with Crippen molar-refractivity contribution < 1.29 is 0 Å². The van der Waals surface area contributed by atoms with Crippen LogP contribution in [0.4, 0.5) is 0 Å². The fourth-order valence-electron chi connectivity index (χ4n) is 2.15. The smallest absolute Gasteiger partial charge is 0.0406 e. The highest BCUT2D eigenvalue weighted by Crippen LogP contribution is 2.29. The van der Waals surface area contributed by atoms with Crippen molar-refractivity contribution in [1.82, 2.24) is 5.32 Å². The second-order valence-electron chi connectivity index (χ2n) is 4.64. The largest absolute Gasteiger partial charge is 0.310 e. The molecule has 0 bridgehead atoms. The van der Waals surface area contributed by atoms with Gasteiger partial charge in [0.15, 0.2) is 0 Å². The lowest BCUT2D eigenvalue weighted by atomic mass is 10.1. The summed E-state index contributed by atoms with van der Waals surface area (Å²) in [6.45, 7) is 5.36. The molecular weight excluding hydrogens is 286 g/mol. The minimum absolute atomic E-state index is 0.453. The first-order valence-electron chi connectivity index (χ1n) is 6.99. The molecule has 0 spiro atoms. The van der Waals surface area contributed by atoms with Crippen molar-refractivity contribution in [1.29, 1.82) is 0 Å². The van der Waals surface area contributed by atoms with E-state index in [1.54, 1.807) is 11.8 Å². The maximum atomic E-state index is 5.90. The van der Waals surface area contributed by atoms with E-state index in [1.165, 1.54) is 15.4 Å². The molecule has 2 rings (SSSR count). The highest BCUT2D eigenvalue weighted by molar-refractivity contribution is 7.99. The summed E-state index contributed by atoms with van der Waals surface area (Å²) < 4.78 is 0. The van der Waals surface area contributed by atoms with Gasteiger partial charge in [0.1, 0.15) is 0 Å². The number of hydrogen-bond acceptors (Lipinski definition) is 2. The molecule has 0 radical (unpaired) electrons. The molecule has 0 aromatic heterocycles. The SMILES string of the molecule is CCNC(CC)c1ccc(Sc2ccc(Cl)cc2)cc1. The molecular formula is C17H20ClNS. The molecule has 1 nitrogen and oxygen atoms in total. The molecule has 0 heterocycles. The van der Waals surface area contributed by atoms with E-state index in [0.29, 0.717) is 6.04 Å². The molecule has 3 heteroatoms. The fourth-order valence-corrected chi connectivity index (χ4v) is 3.09. The third kappa shape index (κ3) is 4.27. The molecule has 0 amide bonds. The zero-order valence-electron chi connectivity index (χ0n) is 11.9. The minimum Gasteiger partial charge on any atom is -0.310 e. The molecule has 2 aromatic carbocycles. The van der Waals surface area contributed by atoms with Crippen molar-refractivity contribution in [2.45, 2.75) is 36.1 Å². The summed E-state index contributed by atoms with van der Waals surface area (Å²) in [5, 5.41) is 4.28. The molecule has 0 aliphatic rings. The number of nitrogens with one attached hydrogen (secondary N) is 1. The van der Waals surface area contributed by atoms with Crippen molar-refractivity contribution in [3.8, 4) is 0 Å². The highest BCUT2D eigenvalue weighted by Gasteiger charge is 2.07. The standard InChI is InChI=1S/C17H20ClNS/c1-3-17(19-4-2)13-5-9-15(10-6-13)20-16-11-7-14(18)8-12-16/h5-12,17,19H,3-4H2,1-2H3. The summed E-state index contributed by atoms with van der Waals surface area (Å²) in [6.07, 6.45) is 1.11. The zero-order chi connectivity index (χ0) is 14.4. The number of hydrogen-bond donors (Lipinski definition) is 1. The van der Waals surface area contributed by atoms with E-state index in [1.807, 2.05) is 24.3 Å². The van der Waals surface area contributed by atoms with Gasteiger partial charge in [-0.05, 0) is 54.9 Å². The predicted molar refractivity (Wildman–Crippen MR) is 88.7 cm³/mol. The van der Waals surface area contributed by atoms with Gasteiger partial charge in [-0.1, -0.05) is 49.3 Å². The summed E-state index contributed by atoms with van der Waals surface area (Å²) >= 11 is 7.66. The van der Waals surface area contributed by atoms with E-state index in [9.17, 15) is 0 Å². The molecule has 2 aromatic rings. The molecule has 0 saturated carbocycles. The van der Waals surface area contributed by atoms with Gasteiger partial charge in [0.05, 0.1) is 0 Å². The van der Waals surface area contributed by atoms with Crippen molar-refractivity contribution >= 4 is 23.4 Å². The van der Waals surface area contributed by atoms with Crippen LogP contribution in [0.1, 0.15) is 31.9 Å². The predicted octanol–water partition coefficient (Wildman–Crippen LogP) is 5.55. The lowest BCUT2D eigenvalue weighted by molar-refractivity contribution is 0.537. The van der Waals surface area contributed by atoms with Gasteiger partial charge in [-0.2, -0.15) is 0 Å². The van der Waals surface area contributed by atoms with Crippen LogP contribution in [0.5, 0.6) is 0 Å². The van der Waals surface area contributed by atoms with Gasteiger partial charge in [0, 0.05) is 20.9 Å². The quantitative estimate of drug-likeness (QED) is 0.750. The molecule has 0 fully saturated rings. The van der Waals surface area contributed by atoms with Crippen molar-refractivity contribution in [2.24, 2.45) is 0 Å². The first-order valence-corrected chi connectivity index (χ1v) is 8.19. The van der Waals surface area contributed by atoms with Gasteiger partial charge < -0.3 is 5.32 Å². The molecule has 1 atom stereocenters. The van der Waals surface area contributed by atoms with E-state index in [0.717, 1.165) is 18.0 Å². The summed E-state index contributed by atoms with van der Waals surface area (Å²) in [5.74, 6) is 0. The second-order valence-corrected chi connectivity index (χ2v) is 6.23. The normalized spacial score (nSPS) is 12.3. The lowest BCUT2D eigenvalue weighted by Crippen LogP contribution is -2.19. The Morgan fingerprint density at radius 1 is 0.950 bits per heavy atom. The van der Waals surface area contributed by atoms with Gasteiger partial charge in [0.25, 0.3) is 0 Å². The second kappa shape index (κ2) is 7.72. The Balaban J connectivity index is 2.06. The minimum atomic E-state index is 0.453. The van der Waals surface area contributed by atoms with E-state index in [2.05, 4.69) is 43.4 Å². The van der Waals surface area contributed by atoms with Crippen LogP contribution in [-0.4, -0.2) is 6.54 Å². The van der Waals surface area contributed by atoms with Crippen LogP contribution in [0.15, 0.2) is 58.3 Å². The summed E-state index contributed by atoms with van der Waals surface area (Å²) in [5.41, 5.74) is 1.36. The van der Waals surface area contributed by atoms with E-state index < -0.39 is 0 Å². The monoisotopic (exact) mass is 305 g/mol. The average molecular weight is 306 g/mol. The molecule has 1 unspecified atom stereocenters. The third-order valence-corrected chi connectivity index (χ3v) is 4.46.